The minimum atomic E-state index is -0.652. The molecule has 18 heavy (non-hydrogen) atoms. The first-order valence-corrected chi connectivity index (χ1v) is 9.40. The van der Waals surface area contributed by atoms with Crippen LogP contribution in [-0.4, -0.2) is 21.3 Å². The molecule has 0 bridgehead atoms. The van der Waals surface area contributed by atoms with Crippen LogP contribution >= 0.6 is 0 Å². The fourth-order valence-electron chi connectivity index (χ4n) is 2.29. The van der Waals surface area contributed by atoms with E-state index in [-0.39, 0.29) is 0 Å². The molecule has 0 aromatic rings. The molecule has 0 aromatic heterocycles. The van der Waals surface area contributed by atoms with E-state index >= 15 is 0 Å². The maximum atomic E-state index is 10.3. The topological polar surface area (TPSA) is 37.3 Å². The third-order valence-electron chi connectivity index (χ3n) is 3.49. The lowest BCUT2D eigenvalue weighted by molar-refractivity contribution is -0.137. The van der Waals surface area contributed by atoms with Crippen molar-refractivity contribution in [2.24, 2.45) is 0 Å². The molecule has 3 heteroatoms. The minimum absolute atomic E-state index is 0.347. The molecule has 0 unspecified atom stereocenters. The molecular weight excluding hydrogens is 240 g/mol. The lowest BCUT2D eigenvalue weighted by atomic mass is 10.0. The first-order chi connectivity index (χ1) is 8.77. The number of hydrogen-bond donors (Lipinski definition) is 1. The SMILES string of the molecule is O=C(O)CCCCCCCCCCCCCC[SiH3]. The summed E-state index contributed by atoms with van der Waals surface area (Å²) in [6.07, 6.45) is 16.1. The number of carboxylic acids is 1. The van der Waals surface area contributed by atoms with E-state index in [1.807, 2.05) is 0 Å². The summed E-state index contributed by atoms with van der Waals surface area (Å²) in [6, 6.07) is 1.47. The molecule has 2 nitrogen and oxygen atoms in total. The smallest absolute Gasteiger partial charge is 0.303 e. The van der Waals surface area contributed by atoms with Crippen LogP contribution in [0.2, 0.25) is 6.04 Å². The van der Waals surface area contributed by atoms with Crippen LogP contribution < -0.4 is 0 Å². The van der Waals surface area contributed by atoms with Crippen LogP contribution in [0.4, 0.5) is 0 Å². The zero-order valence-corrected chi connectivity index (χ0v) is 14.3. The Labute approximate surface area is 116 Å². The van der Waals surface area contributed by atoms with E-state index in [1.165, 1.54) is 80.5 Å². The van der Waals surface area contributed by atoms with Crippen molar-refractivity contribution in [2.45, 2.75) is 89.5 Å². The maximum Gasteiger partial charge on any atom is 0.303 e. The number of hydrogen-bond acceptors (Lipinski definition) is 1. The van der Waals surface area contributed by atoms with E-state index in [0.29, 0.717) is 6.42 Å². The Bertz CT molecular complexity index is 183. The molecule has 0 spiro atoms. The standard InChI is InChI=1S/C15H32O2Si/c16-15(17)13-11-9-7-5-3-1-2-4-6-8-10-12-14-18/h1-14H2,18H3,(H,16,17). The first-order valence-electron chi connectivity index (χ1n) is 7.99. The zero-order valence-electron chi connectivity index (χ0n) is 12.3. The highest BCUT2D eigenvalue weighted by Crippen LogP contribution is 2.12. The largest absolute Gasteiger partial charge is 0.481 e. The van der Waals surface area contributed by atoms with Crippen molar-refractivity contribution in [3.63, 3.8) is 0 Å². The van der Waals surface area contributed by atoms with Gasteiger partial charge < -0.3 is 5.11 Å². The highest BCUT2D eigenvalue weighted by molar-refractivity contribution is 6.08. The van der Waals surface area contributed by atoms with Crippen molar-refractivity contribution in [1.82, 2.24) is 0 Å². The average molecular weight is 273 g/mol. The second-order valence-corrected chi connectivity index (χ2v) is 6.39. The Hall–Kier alpha value is -0.313. The second kappa shape index (κ2) is 14.7. The zero-order chi connectivity index (χ0) is 13.5. The maximum absolute atomic E-state index is 10.3. The molecule has 0 atom stereocenters. The number of rotatable bonds is 14. The van der Waals surface area contributed by atoms with Gasteiger partial charge in [-0.05, 0) is 6.42 Å². The molecule has 0 heterocycles. The predicted octanol–water partition coefficient (Wildman–Crippen LogP) is 3.93. The summed E-state index contributed by atoms with van der Waals surface area (Å²) < 4.78 is 0. The van der Waals surface area contributed by atoms with Gasteiger partial charge in [0.25, 0.3) is 0 Å². The highest BCUT2D eigenvalue weighted by Gasteiger charge is 1.96. The van der Waals surface area contributed by atoms with E-state index in [2.05, 4.69) is 0 Å². The molecule has 1 N–H and O–H groups in total. The lowest BCUT2D eigenvalue weighted by Crippen LogP contribution is -1.93. The fraction of sp³-hybridized carbons (Fsp3) is 0.933. The molecule has 0 aliphatic heterocycles. The van der Waals surface area contributed by atoms with Gasteiger partial charge in [0.15, 0.2) is 0 Å². The molecule has 0 aromatic carbocycles. The van der Waals surface area contributed by atoms with Crippen molar-refractivity contribution in [3.8, 4) is 0 Å². The van der Waals surface area contributed by atoms with Crippen LogP contribution in [-0.2, 0) is 4.79 Å². The minimum Gasteiger partial charge on any atom is -0.481 e. The summed E-state index contributed by atoms with van der Waals surface area (Å²) in [5, 5.41) is 8.49. The fourth-order valence-corrected chi connectivity index (χ4v) is 2.79. The van der Waals surface area contributed by atoms with Crippen molar-refractivity contribution in [1.29, 1.82) is 0 Å². The van der Waals surface area contributed by atoms with Gasteiger partial charge in [-0.25, -0.2) is 0 Å². The Kier molecular flexibility index (Phi) is 14.5. The van der Waals surface area contributed by atoms with Crippen LogP contribution in [0.15, 0.2) is 0 Å². The molecule has 0 aliphatic rings. The molecular formula is C15H32O2Si. The van der Waals surface area contributed by atoms with Gasteiger partial charge >= 0.3 is 5.97 Å². The lowest BCUT2D eigenvalue weighted by Gasteiger charge is -2.02. The van der Waals surface area contributed by atoms with E-state index < -0.39 is 5.97 Å². The van der Waals surface area contributed by atoms with Gasteiger partial charge in [-0.1, -0.05) is 76.7 Å². The van der Waals surface area contributed by atoms with Gasteiger partial charge in [-0.15, -0.1) is 0 Å². The second-order valence-electron chi connectivity index (χ2n) is 5.39. The molecule has 108 valence electrons. The van der Waals surface area contributed by atoms with Crippen LogP contribution in [0.5, 0.6) is 0 Å². The van der Waals surface area contributed by atoms with Gasteiger partial charge in [0.05, 0.1) is 0 Å². The Morgan fingerprint density at radius 2 is 1.00 bits per heavy atom. The Morgan fingerprint density at radius 1 is 0.667 bits per heavy atom. The summed E-state index contributed by atoms with van der Waals surface area (Å²) in [6.45, 7) is 0. The van der Waals surface area contributed by atoms with Gasteiger partial charge in [0.1, 0.15) is 0 Å². The van der Waals surface area contributed by atoms with Crippen LogP contribution in [0.25, 0.3) is 0 Å². The monoisotopic (exact) mass is 272 g/mol. The van der Waals surface area contributed by atoms with Crippen LogP contribution in [0.1, 0.15) is 83.5 Å². The van der Waals surface area contributed by atoms with Gasteiger partial charge in [0, 0.05) is 16.7 Å². The average Bonchev–Trinajstić information content (AvgIpc) is 2.34. The summed E-state index contributed by atoms with van der Waals surface area (Å²) >= 11 is 0. The van der Waals surface area contributed by atoms with Crippen molar-refractivity contribution in [3.05, 3.63) is 0 Å². The molecule has 0 amide bonds. The van der Waals surface area contributed by atoms with Crippen molar-refractivity contribution in [2.75, 3.05) is 0 Å². The van der Waals surface area contributed by atoms with E-state index in [0.717, 1.165) is 12.8 Å². The third kappa shape index (κ3) is 15.7. The van der Waals surface area contributed by atoms with E-state index in [4.69, 9.17) is 5.11 Å². The van der Waals surface area contributed by atoms with Gasteiger partial charge in [-0.2, -0.15) is 0 Å². The van der Waals surface area contributed by atoms with Crippen LogP contribution in [0.3, 0.4) is 0 Å². The normalized spacial score (nSPS) is 10.9. The van der Waals surface area contributed by atoms with Crippen molar-refractivity contribution >= 4 is 16.2 Å². The number of unbranched alkanes of at least 4 members (excludes halogenated alkanes) is 11. The van der Waals surface area contributed by atoms with Gasteiger partial charge in [-0.3, -0.25) is 4.79 Å². The molecule has 0 saturated heterocycles. The molecule has 0 radical (unpaired) electrons. The molecule has 0 saturated carbocycles. The Morgan fingerprint density at radius 3 is 1.33 bits per heavy atom. The first kappa shape index (κ1) is 17.7. The number of carbonyl (C=O) groups is 1. The molecule has 0 rings (SSSR count). The van der Waals surface area contributed by atoms with Crippen LogP contribution in [0, 0.1) is 0 Å². The molecule has 0 aliphatic carbocycles. The molecule has 0 fully saturated rings. The van der Waals surface area contributed by atoms with Gasteiger partial charge in [0.2, 0.25) is 0 Å². The predicted molar refractivity (Wildman–Crippen MR) is 82.4 cm³/mol. The number of aliphatic carboxylic acids is 1. The summed E-state index contributed by atoms with van der Waals surface area (Å²) in [5.74, 6) is -0.652. The summed E-state index contributed by atoms with van der Waals surface area (Å²) in [5.41, 5.74) is 0. The summed E-state index contributed by atoms with van der Waals surface area (Å²) in [7, 11) is 1.38. The Balaban J connectivity index is 2.92. The number of carboxylic acid groups (broad SMARTS) is 1. The summed E-state index contributed by atoms with van der Waals surface area (Å²) in [4.78, 5) is 10.3. The quantitative estimate of drug-likeness (QED) is 0.384. The third-order valence-corrected chi connectivity index (χ3v) is 4.20. The van der Waals surface area contributed by atoms with E-state index in [1.54, 1.807) is 0 Å². The highest BCUT2D eigenvalue weighted by atomic mass is 28.1. The van der Waals surface area contributed by atoms with E-state index in [9.17, 15) is 4.79 Å². The van der Waals surface area contributed by atoms with Crippen molar-refractivity contribution < 1.29 is 9.90 Å².